The van der Waals surface area contributed by atoms with E-state index < -0.39 is 0 Å². The molecule has 76 valence electrons. The highest BCUT2D eigenvalue weighted by molar-refractivity contribution is 5.78. The maximum absolute atomic E-state index is 5.13. The van der Waals surface area contributed by atoms with Crippen molar-refractivity contribution in [2.45, 2.75) is 0 Å². The van der Waals surface area contributed by atoms with Gasteiger partial charge >= 0.3 is 0 Å². The molecular weight excluding hydrogens is 190 g/mol. The Balaban J connectivity index is 2.17. The van der Waals surface area contributed by atoms with Gasteiger partial charge in [-0.1, -0.05) is 6.07 Å². The van der Waals surface area contributed by atoms with E-state index in [1.165, 1.54) is 0 Å². The molecule has 3 heteroatoms. The summed E-state index contributed by atoms with van der Waals surface area (Å²) in [6.07, 6.45) is 3.29. The fourth-order valence-electron chi connectivity index (χ4n) is 1.19. The number of methoxy groups -OCH3 is 1. The summed E-state index contributed by atoms with van der Waals surface area (Å²) in [6, 6.07) is 11.2. The molecule has 1 heterocycles. The molecule has 0 spiro atoms. The van der Waals surface area contributed by atoms with Gasteiger partial charge in [0, 0.05) is 6.07 Å². The van der Waals surface area contributed by atoms with Gasteiger partial charge in [-0.2, -0.15) is 0 Å². The Morgan fingerprint density at radius 1 is 1.27 bits per heavy atom. The summed E-state index contributed by atoms with van der Waals surface area (Å²) in [5.74, 6) is 1.53. The Bertz CT molecular complexity index is 446. The minimum absolute atomic E-state index is 0.734. The third kappa shape index (κ3) is 2.47. The molecule has 3 nitrogen and oxygen atoms in total. The van der Waals surface area contributed by atoms with Crippen LogP contribution in [-0.2, 0) is 0 Å². The highest BCUT2D eigenvalue weighted by Crippen LogP contribution is 2.19. The summed E-state index contributed by atoms with van der Waals surface area (Å²) in [7, 11) is 1.63. The summed E-state index contributed by atoms with van der Waals surface area (Å²) in [4.78, 5) is 4.26. The van der Waals surface area contributed by atoms with E-state index in [4.69, 9.17) is 9.15 Å². The Morgan fingerprint density at radius 2 is 2.20 bits per heavy atom. The van der Waals surface area contributed by atoms with E-state index in [0.29, 0.717) is 0 Å². The quantitative estimate of drug-likeness (QED) is 0.715. The predicted octanol–water partition coefficient (Wildman–Crippen LogP) is 3.04. The third-order valence-corrected chi connectivity index (χ3v) is 1.94. The lowest BCUT2D eigenvalue weighted by Gasteiger charge is -1.98. The van der Waals surface area contributed by atoms with Gasteiger partial charge in [0.25, 0.3) is 0 Å². The molecule has 0 saturated heterocycles. The Labute approximate surface area is 88.0 Å². The number of hydrogen-bond donors (Lipinski definition) is 0. The second-order valence-electron chi connectivity index (χ2n) is 2.98. The molecule has 0 fully saturated rings. The largest absolute Gasteiger partial charge is 0.497 e. The monoisotopic (exact) mass is 201 g/mol. The Kier molecular flexibility index (Phi) is 2.83. The van der Waals surface area contributed by atoms with E-state index in [9.17, 15) is 0 Å². The summed E-state index contributed by atoms with van der Waals surface area (Å²) in [5.41, 5.74) is 0.839. The average molecular weight is 201 g/mol. The van der Waals surface area contributed by atoms with Crippen molar-refractivity contribution in [3.8, 4) is 5.75 Å². The molecule has 0 radical (unpaired) electrons. The lowest BCUT2D eigenvalue weighted by molar-refractivity contribution is 0.415. The molecule has 0 saturated carbocycles. The Hall–Kier alpha value is -2.03. The van der Waals surface area contributed by atoms with Gasteiger partial charge in [0.1, 0.15) is 11.5 Å². The summed E-state index contributed by atoms with van der Waals surface area (Å²) in [6.45, 7) is 0. The van der Waals surface area contributed by atoms with Gasteiger partial charge in [0.2, 0.25) is 0 Å². The van der Waals surface area contributed by atoms with Crippen LogP contribution in [0.2, 0.25) is 0 Å². The number of hydrogen-bond acceptors (Lipinski definition) is 3. The normalized spacial score (nSPS) is 10.7. The van der Waals surface area contributed by atoms with Gasteiger partial charge in [-0.3, -0.25) is 4.99 Å². The van der Waals surface area contributed by atoms with Crippen molar-refractivity contribution in [1.29, 1.82) is 0 Å². The first kappa shape index (κ1) is 9.52. The smallest absolute Gasteiger partial charge is 0.144 e. The zero-order valence-electron chi connectivity index (χ0n) is 8.38. The van der Waals surface area contributed by atoms with Gasteiger partial charge in [0.05, 0.1) is 25.3 Å². The van der Waals surface area contributed by atoms with Crippen molar-refractivity contribution >= 4 is 11.9 Å². The molecule has 0 amide bonds. The molecule has 0 unspecified atom stereocenters. The van der Waals surface area contributed by atoms with Crippen molar-refractivity contribution in [3.05, 3.63) is 48.4 Å². The van der Waals surface area contributed by atoms with Crippen LogP contribution in [0, 0.1) is 0 Å². The van der Waals surface area contributed by atoms with Crippen molar-refractivity contribution < 1.29 is 9.15 Å². The van der Waals surface area contributed by atoms with Gasteiger partial charge in [-0.15, -0.1) is 0 Å². The molecule has 1 aromatic carbocycles. The van der Waals surface area contributed by atoms with Crippen LogP contribution in [0.1, 0.15) is 5.76 Å². The molecule has 0 bridgehead atoms. The number of nitrogens with zero attached hydrogens (tertiary/aromatic N) is 1. The molecule has 0 aliphatic carbocycles. The predicted molar refractivity (Wildman–Crippen MR) is 59.0 cm³/mol. The molecular formula is C12H11NO2. The lowest BCUT2D eigenvalue weighted by atomic mass is 10.3. The van der Waals surface area contributed by atoms with E-state index in [1.54, 1.807) is 19.6 Å². The van der Waals surface area contributed by atoms with Crippen LogP contribution in [0.15, 0.2) is 52.1 Å². The Morgan fingerprint density at radius 3 is 2.93 bits per heavy atom. The van der Waals surface area contributed by atoms with Crippen LogP contribution in [0.5, 0.6) is 5.75 Å². The second-order valence-corrected chi connectivity index (χ2v) is 2.98. The molecule has 0 atom stereocenters. The van der Waals surface area contributed by atoms with Gasteiger partial charge < -0.3 is 9.15 Å². The van der Waals surface area contributed by atoms with Gasteiger partial charge in [-0.05, 0) is 24.3 Å². The minimum atomic E-state index is 0.734. The second kappa shape index (κ2) is 4.46. The summed E-state index contributed by atoms with van der Waals surface area (Å²) < 4.78 is 10.2. The van der Waals surface area contributed by atoms with Crippen molar-refractivity contribution in [2.24, 2.45) is 4.99 Å². The fraction of sp³-hybridized carbons (Fsp3) is 0.0833. The first-order chi connectivity index (χ1) is 7.38. The first-order valence-electron chi connectivity index (χ1n) is 4.60. The average Bonchev–Trinajstić information content (AvgIpc) is 2.79. The van der Waals surface area contributed by atoms with Crippen LogP contribution >= 0.6 is 0 Å². The van der Waals surface area contributed by atoms with Crippen LogP contribution < -0.4 is 4.74 Å². The number of rotatable bonds is 3. The van der Waals surface area contributed by atoms with E-state index in [-0.39, 0.29) is 0 Å². The van der Waals surface area contributed by atoms with E-state index in [2.05, 4.69) is 4.99 Å². The maximum Gasteiger partial charge on any atom is 0.144 e. The van der Waals surface area contributed by atoms with Crippen LogP contribution in [0.4, 0.5) is 5.69 Å². The molecule has 15 heavy (non-hydrogen) atoms. The van der Waals surface area contributed by atoms with Crippen LogP contribution in [0.3, 0.4) is 0 Å². The van der Waals surface area contributed by atoms with Crippen molar-refractivity contribution in [2.75, 3.05) is 7.11 Å². The van der Waals surface area contributed by atoms with E-state index >= 15 is 0 Å². The van der Waals surface area contributed by atoms with Gasteiger partial charge in [0.15, 0.2) is 0 Å². The van der Waals surface area contributed by atoms with Crippen LogP contribution in [0.25, 0.3) is 0 Å². The number of furan rings is 1. The van der Waals surface area contributed by atoms with E-state index in [0.717, 1.165) is 17.2 Å². The molecule has 0 aliphatic heterocycles. The first-order valence-corrected chi connectivity index (χ1v) is 4.60. The molecule has 1 aromatic heterocycles. The molecule has 0 N–H and O–H groups in total. The summed E-state index contributed by atoms with van der Waals surface area (Å²) >= 11 is 0. The highest BCUT2D eigenvalue weighted by atomic mass is 16.5. The SMILES string of the molecule is COc1cccc(/N=C/c2ccco2)c1. The van der Waals surface area contributed by atoms with E-state index in [1.807, 2.05) is 36.4 Å². The zero-order chi connectivity index (χ0) is 10.5. The van der Waals surface area contributed by atoms with Crippen molar-refractivity contribution in [3.63, 3.8) is 0 Å². The third-order valence-electron chi connectivity index (χ3n) is 1.94. The molecule has 2 aromatic rings. The topological polar surface area (TPSA) is 34.7 Å². The number of ether oxygens (including phenoxy) is 1. The van der Waals surface area contributed by atoms with Gasteiger partial charge in [-0.25, -0.2) is 0 Å². The molecule has 0 aliphatic rings. The van der Waals surface area contributed by atoms with Crippen molar-refractivity contribution in [1.82, 2.24) is 0 Å². The zero-order valence-corrected chi connectivity index (χ0v) is 8.38. The fourth-order valence-corrected chi connectivity index (χ4v) is 1.19. The highest BCUT2D eigenvalue weighted by Gasteiger charge is 1.93. The number of benzene rings is 1. The summed E-state index contributed by atoms with van der Waals surface area (Å²) in [5, 5.41) is 0. The standard InChI is InChI=1S/C12H11NO2/c1-14-11-5-2-4-10(8-11)13-9-12-6-3-7-15-12/h2-9H,1H3/b13-9+. The van der Waals surface area contributed by atoms with Crippen LogP contribution in [-0.4, -0.2) is 13.3 Å². The minimum Gasteiger partial charge on any atom is -0.497 e. The lowest BCUT2D eigenvalue weighted by Crippen LogP contribution is -1.80. The maximum atomic E-state index is 5.13. The number of aliphatic imine (C=N–C) groups is 1. The molecule has 2 rings (SSSR count).